The van der Waals surface area contributed by atoms with E-state index in [1.54, 1.807) is 12.1 Å². The zero-order valence-corrected chi connectivity index (χ0v) is 17.4. The molecule has 0 aliphatic heterocycles. The van der Waals surface area contributed by atoms with Crippen LogP contribution in [-0.4, -0.2) is 22.0 Å². The minimum atomic E-state index is -0.662. The Balaban J connectivity index is 1.48. The van der Waals surface area contributed by atoms with Gasteiger partial charge in [0.1, 0.15) is 11.3 Å². The summed E-state index contributed by atoms with van der Waals surface area (Å²) in [5.74, 6) is 0.0203. The third kappa shape index (κ3) is 4.78. The molecule has 0 saturated heterocycles. The number of carbonyl (C=O) groups excluding carboxylic acids is 1. The van der Waals surface area contributed by atoms with Gasteiger partial charge in [0, 0.05) is 18.7 Å². The zero-order valence-electron chi connectivity index (χ0n) is 17.4. The van der Waals surface area contributed by atoms with Crippen molar-refractivity contribution in [2.45, 2.75) is 18.9 Å². The van der Waals surface area contributed by atoms with Crippen molar-refractivity contribution >= 4 is 5.91 Å². The number of carbonyl (C=O) groups is 1. The van der Waals surface area contributed by atoms with Gasteiger partial charge in [-0.1, -0.05) is 60.7 Å². The van der Waals surface area contributed by atoms with Crippen LogP contribution in [0.1, 0.15) is 39.6 Å². The van der Waals surface area contributed by atoms with Crippen molar-refractivity contribution in [3.8, 4) is 0 Å². The third-order valence-electron chi connectivity index (χ3n) is 5.32. The van der Waals surface area contributed by atoms with Crippen molar-refractivity contribution < 1.29 is 9.21 Å². The number of benzene rings is 2. The molecule has 7 nitrogen and oxygen atoms in total. The number of hydrogen-bond donors (Lipinski definition) is 2. The molecule has 0 aliphatic carbocycles. The molecule has 0 atom stereocenters. The molecule has 7 heteroatoms. The Morgan fingerprint density at radius 2 is 1.59 bits per heavy atom. The summed E-state index contributed by atoms with van der Waals surface area (Å²) in [4.78, 5) is 40.0. The normalized spacial score (nSPS) is 10.9. The number of aromatic nitrogens is 2. The molecule has 0 bridgehead atoms. The Bertz CT molecular complexity index is 1240. The van der Waals surface area contributed by atoms with E-state index < -0.39 is 17.2 Å². The number of furan rings is 1. The predicted molar refractivity (Wildman–Crippen MR) is 121 cm³/mol. The summed E-state index contributed by atoms with van der Waals surface area (Å²) < 4.78 is 6.16. The van der Waals surface area contributed by atoms with E-state index in [0.717, 1.165) is 21.9 Å². The molecular formula is C25H23N3O4. The minimum absolute atomic E-state index is 0.0492. The lowest BCUT2D eigenvalue weighted by Gasteiger charge is -2.18. The lowest BCUT2D eigenvalue weighted by atomic mass is 9.88. The first-order valence-electron chi connectivity index (χ1n) is 10.4. The first-order chi connectivity index (χ1) is 15.6. The smallest absolute Gasteiger partial charge is 0.328 e. The molecule has 2 heterocycles. The molecule has 0 spiro atoms. The molecule has 32 heavy (non-hydrogen) atoms. The molecule has 2 aromatic carbocycles. The Morgan fingerprint density at radius 1 is 0.938 bits per heavy atom. The van der Waals surface area contributed by atoms with Crippen LogP contribution in [0, 0.1) is 0 Å². The van der Waals surface area contributed by atoms with Crippen LogP contribution in [0.5, 0.6) is 0 Å². The molecular weight excluding hydrogens is 406 g/mol. The van der Waals surface area contributed by atoms with Crippen molar-refractivity contribution in [1.82, 2.24) is 14.9 Å². The Morgan fingerprint density at radius 3 is 2.19 bits per heavy atom. The maximum atomic E-state index is 12.7. The van der Waals surface area contributed by atoms with Gasteiger partial charge in [-0.2, -0.15) is 0 Å². The Labute approximate surface area is 184 Å². The first-order valence-corrected chi connectivity index (χ1v) is 10.4. The zero-order chi connectivity index (χ0) is 22.3. The van der Waals surface area contributed by atoms with Crippen LogP contribution in [0.3, 0.4) is 0 Å². The number of amides is 1. The van der Waals surface area contributed by atoms with Crippen LogP contribution in [0.25, 0.3) is 0 Å². The standard InChI is InChI=1S/C25H23N3O4/c29-23(22-16-27-25(31)28(24(22)30)17-20-12-7-15-32-20)26-14-13-21(18-8-3-1-4-9-18)19-10-5-2-6-11-19/h1-12,15-16,21H,13-14,17H2,(H,26,29)(H,27,31). The molecule has 0 saturated carbocycles. The predicted octanol–water partition coefficient (Wildman–Crippen LogP) is 3.13. The van der Waals surface area contributed by atoms with Gasteiger partial charge in [0.25, 0.3) is 11.5 Å². The number of nitrogens with one attached hydrogen (secondary N) is 2. The molecule has 0 radical (unpaired) electrons. The van der Waals surface area contributed by atoms with Crippen LogP contribution in [0.15, 0.2) is 99.3 Å². The summed E-state index contributed by atoms with van der Waals surface area (Å²) in [5, 5.41) is 2.82. The number of H-pyrrole nitrogens is 1. The fourth-order valence-corrected chi connectivity index (χ4v) is 3.70. The third-order valence-corrected chi connectivity index (χ3v) is 5.32. The molecule has 1 amide bonds. The van der Waals surface area contributed by atoms with E-state index in [1.807, 2.05) is 36.4 Å². The second kappa shape index (κ2) is 9.78. The van der Waals surface area contributed by atoms with Crippen molar-refractivity contribution in [1.29, 1.82) is 0 Å². The molecule has 0 fully saturated rings. The van der Waals surface area contributed by atoms with Crippen LogP contribution >= 0.6 is 0 Å². The van der Waals surface area contributed by atoms with Crippen molar-refractivity contribution in [2.75, 3.05) is 6.54 Å². The van der Waals surface area contributed by atoms with Gasteiger partial charge in [0.15, 0.2) is 0 Å². The van der Waals surface area contributed by atoms with E-state index in [0.29, 0.717) is 18.7 Å². The maximum Gasteiger partial charge on any atom is 0.328 e. The van der Waals surface area contributed by atoms with Gasteiger partial charge < -0.3 is 14.7 Å². The Hall–Kier alpha value is -4.13. The lowest BCUT2D eigenvalue weighted by molar-refractivity contribution is 0.0950. The van der Waals surface area contributed by atoms with Crippen molar-refractivity contribution in [3.63, 3.8) is 0 Å². The largest absolute Gasteiger partial charge is 0.467 e. The first kappa shape index (κ1) is 21.1. The van der Waals surface area contributed by atoms with Crippen LogP contribution in [-0.2, 0) is 6.54 Å². The molecule has 2 aromatic heterocycles. The average molecular weight is 429 g/mol. The van der Waals surface area contributed by atoms with Gasteiger partial charge in [-0.25, -0.2) is 4.79 Å². The number of hydrogen-bond acceptors (Lipinski definition) is 4. The molecule has 0 unspecified atom stereocenters. The second-order valence-electron chi connectivity index (χ2n) is 7.40. The van der Waals surface area contributed by atoms with Crippen LogP contribution < -0.4 is 16.6 Å². The van der Waals surface area contributed by atoms with Gasteiger partial charge >= 0.3 is 5.69 Å². The van der Waals surface area contributed by atoms with Gasteiger partial charge in [-0.3, -0.25) is 14.2 Å². The van der Waals surface area contributed by atoms with Crippen molar-refractivity contribution in [2.24, 2.45) is 0 Å². The highest BCUT2D eigenvalue weighted by Gasteiger charge is 2.17. The summed E-state index contributed by atoms with van der Waals surface area (Å²) >= 11 is 0. The lowest BCUT2D eigenvalue weighted by Crippen LogP contribution is -2.41. The minimum Gasteiger partial charge on any atom is -0.467 e. The monoisotopic (exact) mass is 429 g/mol. The highest BCUT2D eigenvalue weighted by molar-refractivity contribution is 5.93. The molecule has 2 N–H and O–H groups in total. The molecule has 4 rings (SSSR count). The van der Waals surface area contributed by atoms with E-state index in [2.05, 4.69) is 34.6 Å². The van der Waals surface area contributed by atoms with E-state index in [4.69, 9.17) is 4.42 Å². The van der Waals surface area contributed by atoms with Gasteiger partial charge in [0.2, 0.25) is 0 Å². The van der Waals surface area contributed by atoms with E-state index in [1.165, 1.54) is 6.26 Å². The van der Waals surface area contributed by atoms with Gasteiger partial charge in [0.05, 0.1) is 12.8 Å². The number of nitrogens with zero attached hydrogens (tertiary/aromatic N) is 1. The summed E-state index contributed by atoms with van der Waals surface area (Å²) in [7, 11) is 0. The highest BCUT2D eigenvalue weighted by Crippen LogP contribution is 2.27. The summed E-state index contributed by atoms with van der Waals surface area (Å²) in [5.41, 5.74) is 0.921. The molecule has 0 aliphatic rings. The molecule has 162 valence electrons. The summed E-state index contributed by atoms with van der Waals surface area (Å²) in [6.45, 7) is 0.316. The summed E-state index contributed by atoms with van der Waals surface area (Å²) in [6.07, 6.45) is 3.27. The maximum absolute atomic E-state index is 12.7. The topological polar surface area (TPSA) is 97.1 Å². The Kier molecular flexibility index (Phi) is 6.46. The van der Waals surface area contributed by atoms with E-state index >= 15 is 0 Å². The SMILES string of the molecule is O=C(NCCC(c1ccccc1)c1ccccc1)c1c[nH]c(=O)n(Cc2ccco2)c1=O. The fourth-order valence-electron chi connectivity index (χ4n) is 3.70. The van der Waals surface area contributed by atoms with Crippen molar-refractivity contribution in [3.05, 3.63) is 129 Å². The highest BCUT2D eigenvalue weighted by atomic mass is 16.3. The second-order valence-corrected chi connectivity index (χ2v) is 7.40. The fraction of sp³-hybridized carbons (Fsp3) is 0.160. The van der Waals surface area contributed by atoms with Crippen LogP contribution in [0.4, 0.5) is 0 Å². The average Bonchev–Trinajstić information content (AvgIpc) is 3.34. The van der Waals surface area contributed by atoms with Crippen LogP contribution in [0.2, 0.25) is 0 Å². The quantitative estimate of drug-likeness (QED) is 0.450. The van der Waals surface area contributed by atoms with E-state index in [-0.39, 0.29) is 18.0 Å². The summed E-state index contributed by atoms with van der Waals surface area (Å²) in [6, 6.07) is 23.5. The van der Waals surface area contributed by atoms with E-state index in [9.17, 15) is 14.4 Å². The molecule has 4 aromatic rings. The number of aromatic amines is 1. The van der Waals surface area contributed by atoms with Gasteiger partial charge in [-0.15, -0.1) is 0 Å². The van der Waals surface area contributed by atoms with Gasteiger partial charge in [-0.05, 0) is 29.7 Å². The number of rotatable bonds is 8.